The number of hydrogen-bond acceptors (Lipinski definition) is 2. The first-order valence-electron chi connectivity index (χ1n) is 15.5. The molecule has 0 aliphatic rings. The van der Waals surface area contributed by atoms with Crippen LogP contribution in [0.5, 0.6) is 0 Å². The first kappa shape index (κ1) is 38.1. The van der Waals surface area contributed by atoms with E-state index < -0.39 is 34.6 Å². The Morgan fingerprint density at radius 1 is 0.600 bits per heavy atom. The van der Waals surface area contributed by atoms with Gasteiger partial charge in [0.15, 0.2) is 17.5 Å². The van der Waals surface area contributed by atoms with Crippen LogP contribution in [-0.4, -0.2) is 9.97 Å². The molecule has 0 amide bonds. The summed E-state index contributed by atoms with van der Waals surface area (Å²) in [6, 6.07) is 33.2. The van der Waals surface area contributed by atoms with E-state index >= 15 is 0 Å². The van der Waals surface area contributed by atoms with E-state index in [9.17, 15) is 22.0 Å². The first-order chi connectivity index (χ1) is 23.1. The van der Waals surface area contributed by atoms with Crippen LogP contribution in [0.25, 0.3) is 44.5 Å². The van der Waals surface area contributed by atoms with Crippen molar-refractivity contribution in [2.45, 2.75) is 52.4 Å². The molecule has 256 valence electrons. The fraction of sp³-hybridized carbons (Fsp3) is 0.190. The summed E-state index contributed by atoms with van der Waals surface area (Å²) in [5.41, 5.74) is 7.34. The summed E-state index contributed by atoms with van der Waals surface area (Å²) in [7, 11) is 0. The third-order valence-corrected chi connectivity index (χ3v) is 8.04. The van der Waals surface area contributed by atoms with Gasteiger partial charge in [0.05, 0.1) is 23.0 Å². The van der Waals surface area contributed by atoms with Gasteiger partial charge in [-0.25, -0.2) is 22.0 Å². The average Bonchev–Trinajstić information content (AvgIpc) is 3.09. The van der Waals surface area contributed by atoms with Crippen molar-refractivity contribution < 1.29 is 42.4 Å². The van der Waals surface area contributed by atoms with Crippen molar-refractivity contribution in [1.29, 1.82) is 0 Å². The molecule has 0 fully saturated rings. The fourth-order valence-corrected chi connectivity index (χ4v) is 5.12. The van der Waals surface area contributed by atoms with Crippen LogP contribution in [-0.2, 0) is 31.3 Å². The van der Waals surface area contributed by atoms with Crippen LogP contribution in [0.15, 0.2) is 91.1 Å². The summed E-state index contributed by atoms with van der Waals surface area (Å²) < 4.78 is 61.9. The molecule has 0 bridgehead atoms. The minimum Gasteiger partial charge on any atom is -0.366 e. The van der Waals surface area contributed by atoms with Gasteiger partial charge in [0.25, 0.3) is 0 Å². The summed E-state index contributed by atoms with van der Waals surface area (Å²) in [5.74, 6) is -9.37. The van der Waals surface area contributed by atoms with Gasteiger partial charge in [-0.2, -0.15) is 0 Å². The second-order valence-corrected chi connectivity index (χ2v) is 13.7. The number of pyridine rings is 2. The van der Waals surface area contributed by atoms with Crippen molar-refractivity contribution in [2.24, 2.45) is 0 Å². The van der Waals surface area contributed by atoms with Gasteiger partial charge in [-0.05, 0) is 56.3 Å². The van der Waals surface area contributed by atoms with Crippen LogP contribution in [0.2, 0.25) is 0 Å². The molecule has 0 radical (unpaired) electrons. The Labute approximate surface area is 303 Å². The fourth-order valence-electron chi connectivity index (χ4n) is 5.12. The number of hydrogen-bond donors (Lipinski definition) is 0. The largest absolute Gasteiger partial charge is 2.00 e. The predicted octanol–water partition coefficient (Wildman–Crippen LogP) is 11.3. The topological polar surface area (TPSA) is 25.8 Å². The monoisotopic (exact) mass is 766 g/mol. The van der Waals surface area contributed by atoms with E-state index in [4.69, 9.17) is 16.4 Å². The van der Waals surface area contributed by atoms with Gasteiger partial charge in [-0.1, -0.05) is 95.6 Å². The molecule has 0 saturated carbocycles. The SMILES string of the molecule is CC(C)(C)c1cc(-c2cc(-c3[c-]cccc3)nc(-c3cc4ccccc4cn3)c2)cc(C(C)(C)C)c1.[C-]#Cc1c(F)c(F)c(F)c(F)c1F.[Pd+2]. The van der Waals surface area contributed by atoms with Gasteiger partial charge in [0, 0.05) is 11.6 Å². The third kappa shape index (κ3) is 8.19. The van der Waals surface area contributed by atoms with Crippen molar-refractivity contribution in [2.75, 3.05) is 0 Å². The summed E-state index contributed by atoms with van der Waals surface area (Å²) in [5, 5.41) is 2.29. The molecule has 6 aromatic rings. The minimum atomic E-state index is -2.24. The van der Waals surface area contributed by atoms with E-state index in [-0.39, 0.29) is 31.3 Å². The number of nitrogens with zero attached hydrogens (tertiary/aromatic N) is 2. The smallest absolute Gasteiger partial charge is 0.366 e. The number of halogens is 5. The molecule has 0 aliphatic heterocycles. The van der Waals surface area contributed by atoms with Crippen molar-refractivity contribution in [1.82, 2.24) is 9.97 Å². The third-order valence-electron chi connectivity index (χ3n) is 8.04. The van der Waals surface area contributed by atoms with Crippen molar-refractivity contribution in [3.63, 3.8) is 0 Å². The Morgan fingerprint density at radius 2 is 1.12 bits per heavy atom. The van der Waals surface area contributed by atoms with Gasteiger partial charge in [0.1, 0.15) is 0 Å². The Bertz CT molecular complexity index is 2150. The molecule has 2 nitrogen and oxygen atoms in total. The Balaban J connectivity index is 0.000000340. The summed E-state index contributed by atoms with van der Waals surface area (Å²) in [6.07, 6.45) is 8.24. The molecular weight excluding hydrogens is 734 g/mol. The quantitative estimate of drug-likeness (QED) is 0.0448. The first-order valence-corrected chi connectivity index (χ1v) is 15.5. The standard InChI is InChI=1S/C34H33N2.C8F5.Pd/c1-33(2,3)28-16-26(17-29(21-28)34(4,5)6)27-19-30(23-12-8-7-9-13-23)36-32(20-27)31-18-24-14-10-11-15-25(24)22-35-31;1-2-3-4(9)6(11)8(13)7(12)5(3)10;/h7-12,14-22H,1-6H3;;/q2*-1;+2. The van der Waals surface area contributed by atoms with Crippen molar-refractivity contribution in [3.8, 4) is 39.7 Å². The van der Waals surface area contributed by atoms with Crippen molar-refractivity contribution >= 4 is 10.8 Å². The second-order valence-electron chi connectivity index (χ2n) is 13.7. The Hall–Kier alpha value is -4.69. The summed E-state index contributed by atoms with van der Waals surface area (Å²) >= 11 is 0. The van der Waals surface area contributed by atoms with E-state index in [2.05, 4.69) is 108 Å². The van der Waals surface area contributed by atoms with Crippen LogP contribution in [0.4, 0.5) is 22.0 Å². The maximum atomic E-state index is 12.5. The van der Waals surface area contributed by atoms with Crippen LogP contribution in [0, 0.1) is 47.5 Å². The Morgan fingerprint density at radius 3 is 1.66 bits per heavy atom. The summed E-state index contributed by atoms with van der Waals surface area (Å²) in [6.45, 7) is 13.7. The zero-order valence-electron chi connectivity index (χ0n) is 28.3. The molecule has 0 saturated heterocycles. The van der Waals surface area contributed by atoms with E-state index in [1.165, 1.54) is 16.7 Å². The number of fused-ring (bicyclic) bond motifs is 1. The van der Waals surface area contributed by atoms with E-state index in [1.54, 1.807) is 0 Å². The van der Waals surface area contributed by atoms with Gasteiger partial charge in [-0.15, -0.1) is 35.9 Å². The van der Waals surface area contributed by atoms with Crippen LogP contribution < -0.4 is 0 Å². The molecule has 0 unspecified atom stereocenters. The van der Waals surface area contributed by atoms with Crippen molar-refractivity contribution in [3.05, 3.63) is 149 Å². The molecule has 2 aromatic heterocycles. The second kappa shape index (κ2) is 15.1. The van der Waals surface area contributed by atoms with Crippen LogP contribution in [0.3, 0.4) is 0 Å². The van der Waals surface area contributed by atoms with E-state index in [0.717, 1.165) is 44.9 Å². The molecule has 0 atom stereocenters. The van der Waals surface area contributed by atoms with Gasteiger partial charge >= 0.3 is 20.4 Å². The van der Waals surface area contributed by atoms with Gasteiger partial charge in [-0.3, -0.25) is 15.9 Å². The number of rotatable bonds is 3. The van der Waals surface area contributed by atoms with Gasteiger partial charge < -0.3 is 6.42 Å². The molecule has 4 aromatic carbocycles. The minimum absolute atomic E-state index is 0. The predicted molar refractivity (Wildman–Crippen MR) is 185 cm³/mol. The number of aromatic nitrogens is 2. The Kier molecular flexibility index (Phi) is 11.5. The maximum absolute atomic E-state index is 12.5. The van der Waals surface area contributed by atoms with Gasteiger partial charge in [0.2, 0.25) is 0 Å². The summed E-state index contributed by atoms with van der Waals surface area (Å²) in [4.78, 5) is 9.84. The van der Waals surface area contributed by atoms with E-state index in [0.29, 0.717) is 0 Å². The van der Waals surface area contributed by atoms with E-state index in [1.807, 2.05) is 30.5 Å². The molecule has 0 aliphatic carbocycles. The van der Waals surface area contributed by atoms with Crippen LogP contribution in [0.1, 0.15) is 58.2 Å². The molecule has 8 heteroatoms. The molecule has 50 heavy (non-hydrogen) atoms. The average molecular weight is 767 g/mol. The zero-order valence-corrected chi connectivity index (χ0v) is 29.8. The number of benzene rings is 4. The van der Waals surface area contributed by atoms with Crippen LogP contribution >= 0.6 is 0 Å². The molecule has 2 heterocycles. The molecular formula is C42H33F5N2Pd. The molecule has 6 rings (SSSR count). The molecule has 0 spiro atoms. The zero-order chi connectivity index (χ0) is 35.7. The molecule has 0 N–H and O–H groups in total. The normalized spacial score (nSPS) is 11.3. The maximum Gasteiger partial charge on any atom is 2.00 e.